The molecule has 0 saturated carbocycles. The van der Waals surface area contributed by atoms with Gasteiger partial charge in [0, 0.05) is 19.4 Å². The van der Waals surface area contributed by atoms with Crippen molar-refractivity contribution in [3.63, 3.8) is 0 Å². The second-order valence-corrected chi connectivity index (χ2v) is 3.79. The zero-order valence-corrected chi connectivity index (χ0v) is 10.3. The van der Waals surface area contributed by atoms with Crippen molar-refractivity contribution in [3.8, 4) is 23.7 Å². The summed E-state index contributed by atoms with van der Waals surface area (Å²) in [6, 6.07) is 0. The first-order chi connectivity index (χ1) is 8.43. The molecule has 0 aromatic carbocycles. The molecule has 2 nitrogen and oxygen atoms in total. The maximum absolute atomic E-state index is 5.55. The quantitative estimate of drug-likeness (QED) is 0.421. The van der Waals surface area contributed by atoms with Crippen LogP contribution in [0.3, 0.4) is 0 Å². The molecule has 0 aromatic rings. The molecule has 1 atom stereocenters. The zero-order valence-electron chi connectivity index (χ0n) is 10.3. The number of hydrogen-bond acceptors (Lipinski definition) is 2. The molecule has 2 heteroatoms. The second kappa shape index (κ2) is 9.97. The van der Waals surface area contributed by atoms with Gasteiger partial charge in [-0.15, -0.1) is 6.58 Å². The minimum Gasteiger partial charge on any atom is -0.353 e. The Labute approximate surface area is 104 Å². The highest BCUT2D eigenvalue weighted by atomic mass is 16.7. The van der Waals surface area contributed by atoms with E-state index in [1.54, 1.807) is 6.08 Å². The molecule has 1 rings (SSSR count). The van der Waals surface area contributed by atoms with Crippen molar-refractivity contribution >= 4 is 0 Å². The first kappa shape index (κ1) is 13.8. The molecule has 92 valence electrons. The van der Waals surface area contributed by atoms with Gasteiger partial charge in [-0.3, -0.25) is 0 Å². The fourth-order valence-electron chi connectivity index (χ4n) is 1.49. The van der Waals surface area contributed by atoms with E-state index >= 15 is 0 Å². The molecule has 1 fully saturated rings. The van der Waals surface area contributed by atoms with E-state index in [0.29, 0.717) is 13.0 Å². The lowest BCUT2D eigenvalue weighted by atomic mass is 10.2. The molecular weight excluding hydrogens is 212 g/mol. The number of hydrogen-bond donors (Lipinski definition) is 0. The Morgan fingerprint density at radius 2 is 2.12 bits per heavy atom. The van der Waals surface area contributed by atoms with Crippen molar-refractivity contribution in [1.82, 2.24) is 0 Å². The van der Waals surface area contributed by atoms with Crippen LogP contribution in [0.25, 0.3) is 0 Å². The third-order valence-electron chi connectivity index (χ3n) is 2.34. The summed E-state index contributed by atoms with van der Waals surface area (Å²) < 4.78 is 11.0. The van der Waals surface area contributed by atoms with E-state index in [4.69, 9.17) is 9.47 Å². The fourth-order valence-corrected chi connectivity index (χ4v) is 1.49. The van der Waals surface area contributed by atoms with Crippen molar-refractivity contribution in [1.29, 1.82) is 0 Å². The molecular formula is C15H20O2. The summed E-state index contributed by atoms with van der Waals surface area (Å²) in [5, 5.41) is 0. The summed E-state index contributed by atoms with van der Waals surface area (Å²) in [4.78, 5) is 0. The maximum atomic E-state index is 5.55. The molecule has 0 radical (unpaired) electrons. The largest absolute Gasteiger partial charge is 0.353 e. The van der Waals surface area contributed by atoms with Gasteiger partial charge >= 0.3 is 0 Å². The minimum atomic E-state index is -0.00191. The molecule has 0 spiro atoms. The van der Waals surface area contributed by atoms with Gasteiger partial charge in [0.05, 0.1) is 13.0 Å². The van der Waals surface area contributed by atoms with Crippen molar-refractivity contribution < 1.29 is 9.47 Å². The van der Waals surface area contributed by atoms with E-state index in [1.807, 2.05) is 0 Å². The fraction of sp³-hybridized carbons (Fsp3) is 0.600. The predicted octanol–water partition coefficient (Wildman–Crippen LogP) is 2.89. The van der Waals surface area contributed by atoms with Crippen LogP contribution in [0.15, 0.2) is 12.7 Å². The summed E-state index contributed by atoms with van der Waals surface area (Å²) in [5.41, 5.74) is 0. The molecule has 0 aliphatic carbocycles. The van der Waals surface area contributed by atoms with Crippen LogP contribution in [-0.4, -0.2) is 19.5 Å². The zero-order chi connectivity index (χ0) is 12.2. The van der Waals surface area contributed by atoms with Gasteiger partial charge < -0.3 is 9.47 Å². The van der Waals surface area contributed by atoms with Gasteiger partial charge in [0.15, 0.2) is 6.29 Å². The van der Waals surface area contributed by atoms with E-state index in [1.165, 1.54) is 6.42 Å². The SMILES string of the molecule is C=CCC#CCC#CCCOC1CCCCO1. The molecule has 17 heavy (non-hydrogen) atoms. The van der Waals surface area contributed by atoms with E-state index in [0.717, 1.165) is 32.3 Å². The topological polar surface area (TPSA) is 18.5 Å². The number of ether oxygens (including phenoxy) is 2. The van der Waals surface area contributed by atoms with Gasteiger partial charge in [0.25, 0.3) is 0 Å². The van der Waals surface area contributed by atoms with Gasteiger partial charge in [-0.25, -0.2) is 0 Å². The highest BCUT2D eigenvalue weighted by molar-refractivity contribution is 5.12. The second-order valence-electron chi connectivity index (χ2n) is 3.79. The van der Waals surface area contributed by atoms with Crippen molar-refractivity contribution in [2.75, 3.05) is 13.2 Å². The predicted molar refractivity (Wildman–Crippen MR) is 69.1 cm³/mol. The van der Waals surface area contributed by atoms with Gasteiger partial charge in [-0.1, -0.05) is 29.8 Å². The Kier molecular flexibility index (Phi) is 8.12. The van der Waals surface area contributed by atoms with Gasteiger partial charge in [0.1, 0.15) is 0 Å². The van der Waals surface area contributed by atoms with Gasteiger partial charge in [0.2, 0.25) is 0 Å². The average molecular weight is 232 g/mol. The lowest BCUT2D eigenvalue weighted by Gasteiger charge is -2.22. The molecule has 1 unspecified atom stereocenters. The normalized spacial score (nSPS) is 18.5. The minimum absolute atomic E-state index is 0.00191. The van der Waals surface area contributed by atoms with Crippen LogP contribution in [-0.2, 0) is 9.47 Å². The Hall–Kier alpha value is -1.22. The maximum Gasteiger partial charge on any atom is 0.157 e. The Bertz CT molecular complexity index is 318. The average Bonchev–Trinajstić information content (AvgIpc) is 2.38. The molecule has 1 aliphatic rings. The highest BCUT2D eigenvalue weighted by Gasteiger charge is 2.12. The summed E-state index contributed by atoms with van der Waals surface area (Å²) in [7, 11) is 0. The first-order valence-corrected chi connectivity index (χ1v) is 6.19. The summed E-state index contributed by atoms with van der Waals surface area (Å²) in [5.74, 6) is 12.0. The number of rotatable bonds is 4. The lowest BCUT2D eigenvalue weighted by molar-refractivity contribution is -0.161. The molecule has 0 aromatic heterocycles. The summed E-state index contributed by atoms with van der Waals surface area (Å²) in [6.07, 6.45) is 7.29. The smallest absolute Gasteiger partial charge is 0.157 e. The Morgan fingerprint density at radius 1 is 1.24 bits per heavy atom. The molecule has 1 aliphatic heterocycles. The van der Waals surface area contributed by atoms with Crippen LogP contribution in [0.4, 0.5) is 0 Å². The monoisotopic (exact) mass is 232 g/mol. The highest BCUT2D eigenvalue weighted by Crippen LogP contribution is 2.13. The van der Waals surface area contributed by atoms with E-state index < -0.39 is 0 Å². The van der Waals surface area contributed by atoms with Crippen LogP contribution in [0.2, 0.25) is 0 Å². The molecule has 1 saturated heterocycles. The molecule has 1 heterocycles. The first-order valence-electron chi connectivity index (χ1n) is 6.19. The van der Waals surface area contributed by atoms with Gasteiger partial charge in [-0.05, 0) is 19.3 Å². The Balaban J connectivity index is 1.98. The van der Waals surface area contributed by atoms with Crippen molar-refractivity contribution in [2.24, 2.45) is 0 Å². The van der Waals surface area contributed by atoms with Crippen LogP contribution in [0.5, 0.6) is 0 Å². The van der Waals surface area contributed by atoms with Crippen LogP contribution < -0.4 is 0 Å². The van der Waals surface area contributed by atoms with Gasteiger partial charge in [-0.2, -0.15) is 0 Å². The Morgan fingerprint density at radius 3 is 2.88 bits per heavy atom. The number of allylic oxidation sites excluding steroid dienone is 1. The van der Waals surface area contributed by atoms with E-state index in [-0.39, 0.29) is 6.29 Å². The van der Waals surface area contributed by atoms with Crippen LogP contribution in [0, 0.1) is 23.7 Å². The van der Waals surface area contributed by atoms with Crippen molar-refractivity contribution in [2.45, 2.75) is 44.8 Å². The summed E-state index contributed by atoms with van der Waals surface area (Å²) >= 11 is 0. The standard InChI is InChI=1S/C15H20O2/c1-2-3-4-5-6-7-8-10-13-16-15-12-9-11-14-17-15/h2,15H,1,3,6,9-14H2. The summed E-state index contributed by atoms with van der Waals surface area (Å²) in [6.45, 7) is 5.08. The third-order valence-corrected chi connectivity index (χ3v) is 2.34. The van der Waals surface area contributed by atoms with Crippen LogP contribution >= 0.6 is 0 Å². The van der Waals surface area contributed by atoms with E-state index in [2.05, 4.69) is 30.3 Å². The molecule has 0 N–H and O–H groups in total. The van der Waals surface area contributed by atoms with Crippen molar-refractivity contribution in [3.05, 3.63) is 12.7 Å². The molecule has 0 amide bonds. The van der Waals surface area contributed by atoms with E-state index in [9.17, 15) is 0 Å². The molecule has 0 bridgehead atoms. The lowest BCUT2D eigenvalue weighted by Crippen LogP contribution is -2.22. The third kappa shape index (κ3) is 7.64. The van der Waals surface area contributed by atoms with Crippen LogP contribution in [0.1, 0.15) is 38.5 Å².